The predicted octanol–water partition coefficient (Wildman–Crippen LogP) is 2.35. The lowest BCUT2D eigenvalue weighted by Gasteiger charge is -2.18. The van der Waals surface area contributed by atoms with Gasteiger partial charge in [-0.05, 0) is 37.5 Å². The quantitative estimate of drug-likeness (QED) is 0.768. The maximum absolute atomic E-state index is 12.0. The van der Waals surface area contributed by atoms with Crippen LogP contribution in [-0.2, 0) is 0 Å². The normalized spacial score (nSPS) is 12.6. The molecule has 3 N–H and O–H groups in total. The molecular weight excluding hydrogens is 200 g/mol. The number of nitrogens with two attached hydrogens (primary N) is 1. The van der Waals surface area contributed by atoms with Crippen LogP contribution in [0.25, 0.3) is 0 Å². The number of carbonyl (C=O) groups is 1. The van der Waals surface area contributed by atoms with Crippen LogP contribution in [0.15, 0.2) is 18.2 Å². The molecule has 0 aliphatic carbocycles. The molecule has 0 radical (unpaired) electrons. The van der Waals surface area contributed by atoms with Crippen molar-refractivity contribution in [1.82, 2.24) is 5.32 Å². The highest BCUT2D eigenvalue weighted by molar-refractivity contribution is 5.96. The number of anilines is 1. The first kappa shape index (κ1) is 12.6. The Labute approximate surface area is 97.0 Å². The number of aryl methyl sites for hydroxylation is 1. The largest absolute Gasteiger partial charge is 0.399 e. The lowest BCUT2D eigenvalue weighted by Crippen LogP contribution is -2.36. The molecule has 0 aliphatic rings. The molecule has 0 aliphatic heterocycles. The van der Waals surface area contributed by atoms with E-state index in [9.17, 15) is 4.79 Å². The van der Waals surface area contributed by atoms with E-state index in [1.54, 1.807) is 12.1 Å². The zero-order valence-corrected chi connectivity index (χ0v) is 10.4. The second-order valence-electron chi connectivity index (χ2n) is 4.58. The van der Waals surface area contributed by atoms with E-state index in [2.05, 4.69) is 19.2 Å². The number of benzene rings is 1. The Balaban J connectivity index is 2.84. The lowest BCUT2D eigenvalue weighted by molar-refractivity contribution is 0.0930. The minimum atomic E-state index is -0.0500. The first-order chi connectivity index (χ1) is 7.41. The Morgan fingerprint density at radius 1 is 1.31 bits per heavy atom. The minimum absolute atomic E-state index is 0.0500. The van der Waals surface area contributed by atoms with Crippen LogP contribution in [0.1, 0.15) is 36.7 Å². The maximum Gasteiger partial charge on any atom is 0.251 e. The summed E-state index contributed by atoms with van der Waals surface area (Å²) < 4.78 is 0. The maximum atomic E-state index is 12.0. The van der Waals surface area contributed by atoms with Gasteiger partial charge in [-0.1, -0.05) is 19.9 Å². The number of hydrogen-bond donors (Lipinski definition) is 2. The molecule has 3 nitrogen and oxygen atoms in total. The molecule has 0 heterocycles. The third-order valence-electron chi connectivity index (χ3n) is 2.87. The van der Waals surface area contributed by atoms with E-state index in [0.29, 0.717) is 17.2 Å². The van der Waals surface area contributed by atoms with Crippen LogP contribution in [0.5, 0.6) is 0 Å². The third kappa shape index (κ3) is 2.99. The molecule has 0 fully saturated rings. The van der Waals surface area contributed by atoms with Crippen molar-refractivity contribution in [1.29, 1.82) is 0 Å². The summed E-state index contributed by atoms with van der Waals surface area (Å²) in [6, 6.07) is 5.55. The summed E-state index contributed by atoms with van der Waals surface area (Å²) in [5, 5.41) is 2.97. The van der Waals surface area contributed by atoms with E-state index < -0.39 is 0 Å². The molecule has 1 aromatic rings. The summed E-state index contributed by atoms with van der Waals surface area (Å²) in [6.07, 6.45) is 0. The predicted molar refractivity (Wildman–Crippen MR) is 67.4 cm³/mol. The first-order valence-corrected chi connectivity index (χ1v) is 5.58. The van der Waals surface area contributed by atoms with Gasteiger partial charge in [0, 0.05) is 17.3 Å². The molecule has 88 valence electrons. The molecule has 1 amide bonds. The minimum Gasteiger partial charge on any atom is -0.399 e. The molecule has 1 unspecified atom stereocenters. The molecule has 0 saturated carbocycles. The standard InChI is InChI=1S/C13H20N2O/c1-8(2)10(4)15-13(16)12-7-11(14)6-5-9(12)3/h5-8,10H,14H2,1-4H3,(H,15,16). The van der Waals surface area contributed by atoms with Gasteiger partial charge in [-0.2, -0.15) is 0 Å². The molecule has 3 heteroatoms. The zero-order chi connectivity index (χ0) is 12.3. The monoisotopic (exact) mass is 220 g/mol. The summed E-state index contributed by atoms with van der Waals surface area (Å²) in [5.41, 5.74) is 7.90. The Kier molecular flexibility index (Phi) is 3.93. The van der Waals surface area contributed by atoms with Crippen molar-refractivity contribution in [3.63, 3.8) is 0 Å². The Bertz CT molecular complexity index is 386. The van der Waals surface area contributed by atoms with Crippen LogP contribution in [0.2, 0.25) is 0 Å². The number of amides is 1. The van der Waals surface area contributed by atoms with Crippen molar-refractivity contribution < 1.29 is 4.79 Å². The summed E-state index contributed by atoms with van der Waals surface area (Å²) in [6.45, 7) is 8.08. The summed E-state index contributed by atoms with van der Waals surface area (Å²) in [4.78, 5) is 12.0. The summed E-state index contributed by atoms with van der Waals surface area (Å²) in [5.74, 6) is 0.372. The van der Waals surface area contributed by atoms with Crippen LogP contribution >= 0.6 is 0 Å². The van der Waals surface area contributed by atoms with Crippen molar-refractivity contribution in [2.24, 2.45) is 5.92 Å². The number of hydrogen-bond acceptors (Lipinski definition) is 2. The fraction of sp³-hybridized carbons (Fsp3) is 0.462. The smallest absolute Gasteiger partial charge is 0.251 e. The molecule has 16 heavy (non-hydrogen) atoms. The van der Waals surface area contributed by atoms with Crippen LogP contribution in [-0.4, -0.2) is 11.9 Å². The molecule has 1 atom stereocenters. The van der Waals surface area contributed by atoms with Crippen molar-refractivity contribution in [3.05, 3.63) is 29.3 Å². The third-order valence-corrected chi connectivity index (χ3v) is 2.87. The number of nitrogens with one attached hydrogen (secondary N) is 1. The van der Waals surface area contributed by atoms with Crippen LogP contribution in [0.4, 0.5) is 5.69 Å². The fourth-order valence-electron chi connectivity index (χ4n) is 1.34. The van der Waals surface area contributed by atoms with Gasteiger partial charge in [0.2, 0.25) is 0 Å². The van der Waals surface area contributed by atoms with Gasteiger partial charge >= 0.3 is 0 Å². The van der Waals surface area contributed by atoms with Gasteiger partial charge in [0.1, 0.15) is 0 Å². The van der Waals surface area contributed by atoms with Crippen molar-refractivity contribution >= 4 is 11.6 Å². The zero-order valence-electron chi connectivity index (χ0n) is 10.4. The Morgan fingerprint density at radius 3 is 2.50 bits per heavy atom. The number of nitrogen functional groups attached to an aromatic ring is 1. The highest BCUT2D eigenvalue weighted by atomic mass is 16.1. The number of carbonyl (C=O) groups excluding carboxylic acids is 1. The topological polar surface area (TPSA) is 55.1 Å². The van der Waals surface area contributed by atoms with Gasteiger partial charge in [0.25, 0.3) is 5.91 Å². The van der Waals surface area contributed by atoms with Crippen molar-refractivity contribution in [3.8, 4) is 0 Å². The van der Waals surface area contributed by atoms with Crippen LogP contribution in [0, 0.1) is 12.8 Å². The van der Waals surface area contributed by atoms with Gasteiger partial charge in [0.05, 0.1) is 0 Å². The van der Waals surface area contributed by atoms with E-state index in [4.69, 9.17) is 5.73 Å². The molecule has 0 aromatic heterocycles. The molecule has 1 rings (SSSR count). The SMILES string of the molecule is Cc1ccc(N)cc1C(=O)NC(C)C(C)C. The van der Waals surface area contributed by atoms with E-state index in [0.717, 1.165) is 5.56 Å². The molecular formula is C13H20N2O. The first-order valence-electron chi connectivity index (χ1n) is 5.58. The van der Waals surface area contributed by atoms with Crippen LogP contribution in [0.3, 0.4) is 0 Å². The van der Waals surface area contributed by atoms with Gasteiger partial charge in [-0.15, -0.1) is 0 Å². The van der Waals surface area contributed by atoms with E-state index >= 15 is 0 Å². The Morgan fingerprint density at radius 2 is 1.94 bits per heavy atom. The highest BCUT2D eigenvalue weighted by Gasteiger charge is 2.14. The lowest BCUT2D eigenvalue weighted by atomic mass is 10.0. The highest BCUT2D eigenvalue weighted by Crippen LogP contribution is 2.13. The fourth-order valence-corrected chi connectivity index (χ4v) is 1.34. The van der Waals surface area contributed by atoms with Gasteiger partial charge in [-0.25, -0.2) is 0 Å². The second kappa shape index (κ2) is 5.01. The molecule has 0 saturated heterocycles. The Hall–Kier alpha value is -1.51. The van der Waals surface area contributed by atoms with Crippen molar-refractivity contribution in [2.45, 2.75) is 33.7 Å². The molecule has 1 aromatic carbocycles. The van der Waals surface area contributed by atoms with Crippen LogP contribution < -0.4 is 11.1 Å². The van der Waals surface area contributed by atoms with Crippen molar-refractivity contribution in [2.75, 3.05) is 5.73 Å². The van der Waals surface area contributed by atoms with Gasteiger partial charge in [-0.3, -0.25) is 4.79 Å². The number of rotatable bonds is 3. The average Bonchev–Trinajstić information content (AvgIpc) is 2.21. The summed E-state index contributed by atoms with van der Waals surface area (Å²) in [7, 11) is 0. The molecule has 0 spiro atoms. The average molecular weight is 220 g/mol. The van der Waals surface area contributed by atoms with E-state index in [1.165, 1.54) is 0 Å². The molecule has 0 bridgehead atoms. The van der Waals surface area contributed by atoms with Gasteiger partial charge < -0.3 is 11.1 Å². The van der Waals surface area contributed by atoms with E-state index in [1.807, 2.05) is 19.9 Å². The van der Waals surface area contributed by atoms with E-state index in [-0.39, 0.29) is 11.9 Å². The second-order valence-corrected chi connectivity index (χ2v) is 4.58. The summed E-state index contributed by atoms with van der Waals surface area (Å²) >= 11 is 0. The van der Waals surface area contributed by atoms with Gasteiger partial charge in [0.15, 0.2) is 0 Å².